The second-order valence-corrected chi connectivity index (χ2v) is 5.42. The molecule has 0 atom stereocenters. The van der Waals surface area contributed by atoms with E-state index in [0.717, 1.165) is 11.6 Å². The van der Waals surface area contributed by atoms with Crippen LogP contribution in [0.2, 0.25) is 10.0 Å². The molecule has 0 aliphatic heterocycles. The van der Waals surface area contributed by atoms with Gasteiger partial charge in [-0.3, -0.25) is 4.79 Å². The highest BCUT2D eigenvalue weighted by atomic mass is 35.5. The van der Waals surface area contributed by atoms with Crippen LogP contribution in [0.5, 0.6) is 11.5 Å². The van der Waals surface area contributed by atoms with E-state index >= 15 is 0 Å². The quantitative estimate of drug-likeness (QED) is 0.820. The Hall–Kier alpha value is -1.98. The first kappa shape index (κ1) is 17.4. The maximum absolute atomic E-state index is 13.5. The van der Waals surface area contributed by atoms with E-state index in [2.05, 4.69) is 5.32 Å². The Morgan fingerprint density at radius 1 is 1.13 bits per heavy atom. The number of rotatable bonds is 5. The number of amides is 1. The lowest BCUT2D eigenvalue weighted by Gasteiger charge is -2.12. The van der Waals surface area contributed by atoms with Crippen molar-refractivity contribution >= 4 is 29.1 Å². The second-order valence-electron chi connectivity index (χ2n) is 4.61. The minimum atomic E-state index is -0.705. The SMILES string of the molecule is COc1ccc(CNC(=O)c2cc(F)c(Cl)cc2Cl)c(OC)c1. The first-order valence-electron chi connectivity index (χ1n) is 6.60. The van der Waals surface area contributed by atoms with Crippen LogP contribution in [0.1, 0.15) is 15.9 Å². The maximum atomic E-state index is 13.5. The Morgan fingerprint density at radius 3 is 2.52 bits per heavy atom. The molecule has 0 unspecified atom stereocenters. The summed E-state index contributed by atoms with van der Waals surface area (Å²) in [5.74, 6) is -0.00976. The highest BCUT2D eigenvalue weighted by molar-refractivity contribution is 6.36. The van der Waals surface area contributed by atoms with E-state index < -0.39 is 11.7 Å². The molecule has 0 aliphatic carbocycles. The Kier molecular flexibility index (Phi) is 5.69. The summed E-state index contributed by atoms with van der Waals surface area (Å²) in [6, 6.07) is 7.42. The molecular formula is C16H14Cl2FNO3. The van der Waals surface area contributed by atoms with E-state index in [1.165, 1.54) is 13.2 Å². The number of carbonyl (C=O) groups excluding carboxylic acids is 1. The lowest BCUT2D eigenvalue weighted by molar-refractivity contribution is 0.0950. The molecule has 122 valence electrons. The third-order valence-electron chi connectivity index (χ3n) is 3.19. The van der Waals surface area contributed by atoms with Crippen molar-refractivity contribution in [3.8, 4) is 11.5 Å². The molecule has 4 nitrogen and oxygen atoms in total. The molecule has 0 bridgehead atoms. The largest absolute Gasteiger partial charge is 0.497 e. The molecule has 2 aromatic carbocycles. The van der Waals surface area contributed by atoms with E-state index in [1.807, 2.05) is 0 Å². The van der Waals surface area contributed by atoms with E-state index in [-0.39, 0.29) is 22.2 Å². The second kappa shape index (κ2) is 7.53. The fourth-order valence-electron chi connectivity index (χ4n) is 1.97. The maximum Gasteiger partial charge on any atom is 0.253 e. The number of hydrogen-bond donors (Lipinski definition) is 1. The van der Waals surface area contributed by atoms with Gasteiger partial charge in [0.25, 0.3) is 5.91 Å². The van der Waals surface area contributed by atoms with Gasteiger partial charge in [0.05, 0.1) is 29.8 Å². The molecule has 0 aromatic heterocycles. The van der Waals surface area contributed by atoms with Crippen LogP contribution in [0.3, 0.4) is 0 Å². The van der Waals surface area contributed by atoms with E-state index in [4.69, 9.17) is 32.7 Å². The van der Waals surface area contributed by atoms with Crippen molar-refractivity contribution in [2.45, 2.75) is 6.54 Å². The van der Waals surface area contributed by atoms with Gasteiger partial charge in [0.2, 0.25) is 0 Å². The van der Waals surface area contributed by atoms with Gasteiger partial charge in [0, 0.05) is 18.2 Å². The van der Waals surface area contributed by atoms with Crippen molar-refractivity contribution in [1.82, 2.24) is 5.32 Å². The zero-order valence-corrected chi connectivity index (χ0v) is 14.0. The third kappa shape index (κ3) is 4.06. The summed E-state index contributed by atoms with van der Waals surface area (Å²) in [5, 5.41) is 2.60. The summed E-state index contributed by atoms with van der Waals surface area (Å²) < 4.78 is 23.8. The van der Waals surface area contributed by atoms with Crippen molar-refractivity contribution in [2.75, 3.05) is 14.2 Å². The van der Waals surface area contributed by atoms with Gasteiger partial charge in [0.1, 0.15) is 17.3 Å². The van der Waals surface area contributed by atoms with Gasteiger partial charge < -0.3 is 14.8 Å². The van der Waals surface area contributed by atoms with Crippen LogP contribution < -0.4 is 14.8 Å². The van der Waals surface area contributed by atoms with Crippen LogP contribution in [-0.2, 0) is 6.54 Å². The van der Waals surface area contributed by atoms with Crippen molar-refractivity contribution in [3.63, 3.8) is 0 Å². The summed E-state index contributed by atoms with van der Waals surface area (Å²) >= 11 is 11.5. The molecule has 0 saturated heterocycles. The Labute approximate surface area is 143 Å². The molecule has 1 N–H and O–H groups in total. The van der Waals surface area contributed by atoms with Crippen molar-refractivity contribution in [3.05, 3.63) is 57.3 Å². The number of methoxy groups -OCH3 is 2. The molecular weight excluding hydrogens is 344 g/mol. The molecule has 23 heavy (non-hydrogen) atoms. The summed E-state index contributed by atoms with van der Waals surface area (Å²) in [4.78, 5) is 12.2. The van der Waals surface area contributed by atoms with Crippen LogP contribution >= 0.6 is 23.2 Å². The van der Waals surface area contributed by atoms with Crippen LogP contribution in [0, 0.1) is 5.82 Å². The Morgan fingerprint density at radius 2 is 1.87 bits per heavy atom. The minimum Gasteiger partial charge on any atom is -0.497 e. The van der Waals surface area contributed by atoms with Crippen molar-refractivity contribution in [1.29, 1.82) is 0 Å². The van der Waals surface area contributed by atoms with Gasteiger partial charge in [-0.25, -0.2) is 4.39 Å². The highest BCUT2D eigenvalue weighted by Crippen LogP contribution is 2.26. The Balaban J connectivity index is 2.15. The molecule has 7 heteroatoms. The smallest absolute Gasteiger partial charge is 0.253 e. The average molecular weight is 358 g/mol. The molecule has 0 aliphatic rings. The monoisotopic (exact) mass is 357 g/mol. The van der Waals surface area contributed by atoms with Gasteiger partial charge in [-0.2, -0.15) is 0 Å². The highest BCUT2D eigenvalue weighted by Gasteiger charge is 2.15. The summed E-state index contributed by atoms with van der Waals surface area (Å²) in [5.41, 5.74) is 0.758. The number of nitrogens with one attached hydrogen (secondary N) is 1. The molecule has 0 heterocycles. The Bertz CT molecular complexity index is 738. The van der Waals surface area contributed by atoms with Crippen LogP contribution in [0.4, 0.5) is 4.39 Å². The van der Waals surface area contributed by atoms with Crippen LogP contribution in [0.15, 0.2) is 30.3 Å². The van der Waals surface area contributed by atoms with E-state index in [9.17, 15) is 9.18 Å². The average Bonchev–Trinajstić information content (AvgIpc) is 2.55. The summed E-state index contributed by atoms with van der Waals surface area (Å²) in [6.07, 6.45) is 0. The number of benzene rings is 2. The van der Waals surface area contributed by atoms with Crippen LogP contribution in [0.25, 0.3) is 0 Å². The van der Waals surface area contributed by atoms with Gasteiger partial charge in [-0.1, -0.05) is 23.2 Å². The number of ether oxygens (including phenoxy) is 2. The number of halogens is 3. The fraction of sp³-hybridized carbons (Fsp3) is 0.188. The zero-order valence-electron chi connectivity index (χ0n) is 12.5. The van der Waals surface area contributed by atoms with Crippen molar-refractivity contribution in [2.24, 2.45) is 0 Å². The summed E-state index contributed by atoms with van der Waals surface area (Å²) in [6.45, 7) is 0.187. The normalized spacial score (nSPS) is 10.3. The molecule has 0 fully saturated rings. The first-order chi connectivity index (χ1) is 11.0. The topological polar surface area (TPSA) is 47.6 Å². The standard InChI is InChI=1S/C16H14Cl2FNO3/c1-22-10-4-3-9(15(5-10)23-2)8-20-16(21)11-6-14(19)13(18)7-12(11)17/h3-7H,8H2,1-2H3,(H,20,21). The van der Waals surface area contributed by atoms with E-state index in [1.54, 1.807) is 25.3 Å². The molecule has 2 aromatic rings. The molecule has 0 radical (unpaired) electrons. The molecule has 1 amide bonds. The zero-order chi connectivity index (χ0) is 17.0. The lowest BCUT2D eigenvalue weighted by atomic mass is 10.1. The number of hydrogen-bond acceptors (Lipinski definition) is 3. The molecule has 2 rings (SSSR count). The summed E-state index contributed by atoms with van der Waals surface area (Å²) in [7, 11) is 3.07. The minimum absolute atomic E-state index is 0.0149. The first-order valence-corrected chi connectivity index (χ1v) is 7.35. The predicted octanol–water partition coefficient (Wildman–Crippen LogP) is 4.08. The van der Waals surface area contributed by atoms with Crippen molar-refractivity contribution < 1.29 is 18.7 Å². The third-order valence-corrected chi connectivity index (χ3v) is 3.79. The van der Waals surface area contributed by atoms with Crippen LogP contribution in [-0.4, -0.2) is 20.1 Å². The predicted molar refractivity (Wildman–Crippen MR) is 87.1 cm³/mol. The number of carbonyl (C=O) groups is 1. The molecule has 0 saturated carbocycles. The van der Waals surface area contributed by atoms with E-state index in [0.29, 0.717) is 11.5 Å². The fourth-order valence-corrected chi connectivity index (χ4v) is 2.43. The van der Waals surface area contributed by atoms with Gasteiger partial charge in [0.15, 0.2) is 0 Å². The lowest BCUT2D eigenvalue weighted by Crippen LogP contribution is -2.23. The van der Waals surface area contributed by atoms with Gasteiger partial charge >= 0.3 is 0 Å². The molecule has 0 spiro atoms. The van der Waals surface area contributed by atoms with Gasteiger partial charge in [-0.05, 0) is 24.3 Å². The van der Waals surface area contributed by atoms with Gasteiger partial charge in [-0.15, -0.1) is 0 Å².